The van der Waals surface area contributed by atoms with E-state index in [1.807, 2.05) is 6.92 Å². The van der Waals surface area contributed by atoms with Crippen LogP contribution in [0.15, 0.2) is 51.8 Å². The Morgan fingerprint density at radius 3 is 2.31 bits per heavy atom. The van der Waals surface area contributed by atoms with E-state index in [9.17, 15) is 22.4 Å². The number of hydrogen-bond donors (Lipinski definition) is 2. The number of hydrogen-bond acceptors (Lipinski definition) is 5. The first-order valence-electron chi connectivity index (χ1n) is 8.55. The summed E-state index contributed by atoms with van der Waals surface area (Å²) in [5.74, 6) is -2.36. The maximum Gasteiger partial charge on any atom is 0.324 e. The highest BCUT2D eigenvalue weighted by Crippen LogP contribution is 2.19. The monoisotopic (exact) mass is 486 g/mol. The lowest BCUT2D eigenvalue weighted by Crippen LogP contribution is -2.42. The van der Waals surface area contributed by atoms with E-state index in [-0.39, 0.29) is 10.6 Å². The molecule has 2 N–H and O–H groups in total. The van der Waals surface area contributed by atoms with Gasteiger partial charge < -0.3 is 10.1 Å². The Morgan fingerprint density at radius 2 is 1.72 bits per heavy atom. The summed E-state index contributed by atoms with van der Waals surface area (Å²) in [6, 6.07) is 8.92. The number of ether oxygens (including phenoxy) is 1. The van der Waals surface area contributed by atoms with Gasteiger partial charge in [0.15, 0.2) is 6.10 Å². The molecule has 1 amide bonds. The van der Waals surface area contributed by atoms with Gasteiger partial charge in [-0.05, 0) is 51.1 Å². The zero-order valence-electron chi connectivity index (χ0n) is 15.9. The van der Waals surface area contributed by atoms with E-state index in [0.717, 1.165) is 5.56 Å². The van der Waals surface area contributed by atoms with Crippen molar-refractivity contribution in [3.8, 4) is 0 Å². The smallest absolute Gasteiger partial charge is 0.324 e. The van der Waals surface area contributed by atoms with Gasteiger partial charge in [0.25, 0.3) is 5.91 Å². The number of rotatable bonds is 7. The van der Waals surface area contributed by atoms with Crippen molar-refractivity contribution in [1.82, 2.24) is 4.72 Å². The molecule has 29 heavy (non-hydrogen) atoms. The summed E-state index contributed by atoms with van der Waals surface area (Å²) < 4.78 is 46.2. The van der Waals surface area contributed by atoms with E-state index in [1.54, 1.807) is 12.1 Å². The van der Waals surface area contributed by atoms with Gasteiger partial charge >= 0.3 is 5.97 Å². The molecule has 2 aromatic carbocycles. The number of amides is 1. The predicted octanol–water partition coefficient (Wildman–Crippen LogP) is 3.13. The second-order valence-electron chi connectivity index (χ2n) is 6.35. The van der Waals surface area contributed by atoms with Gasteiger partial charge in [-0.3, -0.25) is 9.59 Å². The van der Waals surface area contributed by atoms with E-state index >= 15 is 0 Å². The predicted molar refractivity (Wildman–Crippen MR) is 109 cm³/mol. The van der Waals surface area contributed by atoms with Gasteiger partial charge in [0.05, 0.1) is 10.6 Å². The van der Waals surface area contributed by atoms with E-state index in [0.29, 0.717) is 4.47 Å². The van der Waals surface area contributed by atoms with Crippen LogP contribution in [0, 0.1) is 12.7 Å². The molecule has 0 aliphatic carbocycles. The summed E-state index contributed by atoms with van der Waals surface area (Å²) in [5.41, 5.74) is 0.813. The van der Waals surface area contributed by atoms with Crippen LogP contribution in [0.2, 0.25) is 0 Å². The van der Waals surface area contributed by atoms with E-state index < -0.39 is 39.9 Å². The number of benzene rings is 2. The van der Waals surface area contributed by atoms with Crippen molar-refractivity contribution >= 4 is 43.5 Å². The quantitative estimate of drug-likeness (QED) is 0.585. The lowest BCUT2D eigenvalue weighted by molar-refractivity contribution is -0.154. The molecular weight excluding hydrogens is 467 g/mol. The Morgan fingerprint density at radius 1 is 1.10 bits per heavy atom. The minimum absolute atomic E-state index is 0.000690. The second-order valence-corrected chi connectivity index (χ2v) is 8.98. The van der Waals surface area contributed by atoms with Gasteiger partial charge in [-0.2, -0.15) is 4.72 Å². The number of aryl methyl sites for hydroxylation is 1. The van der Waals surface area contributed by atoms with Crippen molar-refractivity contribution in [2.75, 3.05) is 5.32 Å². The SMILES string of the molecule is Cc1ccc(S(=O)(=O)N[C@@H](C)C(=O)OC(C)C(=O)Nc2ccc(Br)cc2F)cc1. The molecule has 10 heteroatoms. The molecule has 0 saturated carbocycles. The molecule has 2 rings (SSSR count). The third-order valence-corrected chi connectivity index (χ3v) is 5.92. The molecule has 2 atom stereocenters. The number of carbonyl (C=O) groups excluding carboxylic acids is 2. The molecule has 0 bridgehead atoms. The van der Waals surface area contributed by atoms with Crippen LogP contribution in [0.25, 0.3) is 0 Å². The fraction of sp³-hybridized carbons (Fsp3) is 0.263. The molecule has 0 radical (unpaired) electrons. The Balaban J connectivity index is 1.97. The number of anilines is 1. The summed E-state index contributed by atoms with van der Waals surface area (Å²) in [7, 11) is -3.94. The van der Waals surface area contributed by atoms with Crippen molar-refractivity contribution in [1.29, 1.82) is 0 Å². The molecule has 0 aliphatic rings. The van der Waals surface area contributed by atoms with Crippen LogP contribution in [0.3, 0.4) is 0 Å². The standard InChI is InChI=1S/C19H20BrFN2O5S/c1-11-4-7-15(8-5-11)29(26,27)23-12(2)19(25)28-13(3)18(24)22-17-9-6-14(20)10-16(17)21/h4-10,12-13,23H,1-3H3,(H,22,24)/t12-,13?/m0/s1. The zero-order chi connectivity index (χ0) is 21.8. The van der Waals surface area contributed by atoms with Crippen LogP contribution in [-0.2, 0) is 24.3 Å². The molecule has 0 saturated heterocycles. The van der Waals surface area contributed by atoms with Crippen LogP contribution in [0.4, 0.5) is 10.1 Å². The lowest BCUT2D eigenvalue weighted by Gasteiger charge is -2.18. The second kappa shape index (κ2) is 9.47. The van der Waals surface area contributed by atoms with Crippen molar-refractivity contribution in [3.05, 3.63) is 58.3 Å². The Bertz CT molecular complexity index is 1010. The first-order valence-corrected chi connectivity index (χ1v) is 10.8. The van der Waals surface area contributed by atoms with E-state index in [2.05, 4.69) is 26.0 Å². The average Bonchev–Trinajstić information content (AvgIpc) is 2.63. The molecule has 2 aromatic rings. The molecule has 0 heterocycles. The van der Waals surface area contributed by atoms with Crippen molar-refractivity contribution < 1.29 is 27.1 Å². The Hall–Kier alpha value is -2.30. The molecule has 0 fully saturated rings. The number of esters is 1. The summed E-state index contributed by atoms with van der Waals surface area (Å²) in [6.07, 6.45) is -1.27. The number of carbonyl (C=O) groups is 2. The average molecular weight is 487 g/mol. The zero-order valence-corrected chi connectivity index (χ0v) is 18.3. The minimum atomic E-state index is -3.94. The largest absolute Gasteiger partial charge is 0.451 e. The van der Waals surface area contributed by atoms with Gasteiger partial charge in [-0.15, -0.1) is 0 Å². The van der Waals surface area contributed by atoms with E-state index in [4.69, 9.17) is 4.74 Å². The van der Waals surface area contributed by atoms with Crippen LogP contribution < -0.4 is 10.0 Å². The lowest BCUT2D eigenvalue weighted by atomic mass is 10.2. The minimum Gasteiger partial charge on any atom is -0.451 e. The van der Waals surface area contributed by atoms with Gasteiger partial charge in [0.1, 0.15) is 11.9 Å². The summed E-state index contributed by atoms with van der Waals surface area (Å²) in [4.78, 5) is 24.3. The summed E-state index contributed by atoms with van der Waals surface area (Å²) in [5, 5.41) is 2.31. The van der Waals surface area contributed by atoms with Crippen LogP contribution in [0.1, 0.15) is 19.4 Å². The fourth-order valence-corrected chi connectivity index (χ4v) is 3.75. The summed E-state index contributed by atoms with van der Waals surface area (Å²) >= 11 is 3.11. The van der Waals surface area contributed by atoms with E-state index in [1.165, 1.54) is 44.2 Å². The maximum absolute atomic E-state index is 13.8. The molecule has 0 aromatic heterocycles. The molecule has 156 valence electrons. The van der Waals surface area contributed by atoms with Crippen molar-refractivity contribution in [3.63, 3.8) is 0 Å². The van der Waals surface area contributed by atoms with Crippen LogP contribution in [-0.4, -0.2) is 32.4 Å². The van der Waals surface area contributed by atoms with Gasteiger partial charge in [0.2, 0.25) is 10.0 Å². The fourth-order valence-electron chi connectivity index (χ4n) is 2.22. The van der Waals surface area contributed by atoms with Gasteiger partial charge in [-0.25, -0.2) is 12.8 Å². The molecule has 1 unspecified atom stereocenters. The normalized spacial score (nSPS) is 13.4. The topological polar surface area (TPSA) is 102 Å². The number of sulfonamides is 1. The van der Waals surface area contributed by atoms with Crippen LogP contribution >= 0.6 is 15.9 Å². The number of nitrogens with one attached hydrogen (secondary N) is 2. The Labute approximate surface area is 176 Å². The summed E-state index contributed by atoms with van der Waals surface area (Å²) in [6.45, 7) is 4.41. The number of halogens is 2. The van der Waals surface area contributed by atoms with Gasteiger partial charge in [0, 0.05) is 4.47 Å². The van der Waals surface area contributed by atoms with Crippen LogP contribution in [0.5, 0.6) is 0 Å². The first-order chi connectivity index (χ1) is 13.5. The van der Waals surface area contributed by atoms with Gasteiger partial charge in [-0.1, -0.05) is 33.6 Å². The molecule has 0 aliphatic heterocycles. The Kier molecular flexibility index (Phi) is 7.50. The first kappa shape index (κ1) is 23.0. The maximum atomic E-state index is 13.8. The molecule has 7 nitrogen and oxygen atoms in total. The highest BCUT2D eigenvalue weighted by atomic mass is 79.9. The highest BCUT2D eigenvalue weighted by Gasteiger charge is 2.26. The highest BCUT2D eigenvalue weighted by molar-refractivity contribution is 9.10. The van der Waals surface area contributed by atoms with Crippen molar-refractivity contribution in [2.45, 2.75) is 37.8 Å². The molecule has 0 spiro atoms. The third kappa shape index (κ3) is 6.34. The molecular formula is C19H20BrFN2O5S. The van der Waals surface area contributed by atoms with Crippen molar-refractivity contribution in [2.24, 2.45) is 0 Å². The third-order valence-electron chi connectivity index (χ3n) is 3.87.